The van der Waals surface area contributed by atoms with E-state index in [1.807, 2.05) is 51.1 Å². The summed E-state index contributed by atoms with van der Waals surface area (Å²) < 4.78 is 11.0. The summed E-state index contributed by atoms with van der Waals surface area (Å²) in [5.74, 6) is 1.18. The smallest absolute Gasteiger partial charge is 0.261 e. The molecule has 0 bridgehead atoms. The van der Waals surface area contributed by atoms with Crippen molar-refractivity contribution >= 4 is 17.5 Å². The molecular weight excluding hydrogens is 378 g/mol. The van der Waals surface area contributed by atoms with E-state index < -0.39 is 6.10 Å². The van der Waals surface area contributed by atoms with E-state index in [0.29, 0.717) is 28.9 Å². The standard InChI is InChI=1S/C21H22ClN3O3/c1-4-18(27-16-8-9-17(22)14(3)11-16)21(26)23-12-19-24-20(25-28-19)15-7-5-6-13(2)10-15/h5-11,18H,4,12H2,1-3H3,(H,23,26)/t18-/m1/s1. The van der Waals surface area contributed by atoms with Crippen molar-refractivity contribution in [2.24, 2.45) is 0 Å². The van der Waals surface area contributed by atoms with Crippen LogP contribution in [0.3, 0.4) is 0 Å². The third-order valence-corrected chi connectivity index (χ3v) is 4.65. The fraction of sp³-hybridized carbons (Fsp3) is 0.286. The highest BCUT2D eigenvalue weighted by Gasteiger charge is 2.19. The van der Waals surface area contributed by atoms with E-state index >= 15 is 0 Å². The van der Waals surface area contributed by atoms with Crippen molar-refractivity contribution in [3.63, 3.8) is 0 Å². The average Bonchev–Trinajstić information content (AvgIpc) is 3.16. The lowest BCUT2D eigenvalue weighted by atomic mass is 10.1. The second-order valence-corrected chi connectivity index (χ2v) is 6.93. The average molecular weight is 400 g/mol. The van der Waals surface area contributed by atoms with E-state index in [9.17, 15) is 4.79 Å². The Labute approximate surface area is 168 Å². The number of benzene rings is 2. The van der Waals surface area contributed by atoms with Crippen LogP contribution in [0.25, 0.3) is 11.4 Å². The van der Waals surface area contributed by atoms with E-state index in [1.54, 1.807) is 12.1 Å². The van der Waals surface area contributed by atoms with Gasteiger partial charge >= 0.3 is 0 Å². The highest BCUT2D eigenvalue weighted by Crippen LogP contribution is 2.22. The molecule has 1 aromatic heterocycles. The molecule has 1 atom stereocenters. The lowest BCUT2D eigenvalue weighted by molar-refractivity contribution is -0.128. The number of ether oxygens (including phenoxy) is 1. The van der Waals surface area contributed by atoms with Crippen molar-refractivity contribution in [2.75, 3.05) is 0 Å². The number of aromatic nitrogens is 2. The molecule has 28 heavy (non-hydrogen) atoms. The first kappa shape index (κ1) is 19.9. The number of carbonyl (C=O) groups is 1. The number of halogens is 1. The van der Waals surface area contributed by atoms with Crippen LogP contribution < -0.4 is 10.1 Å². The van der Waals surface area contributed by atoms with Crippen LogP contribution in [0.4, 0.5) is 0 Å². The van der Waals surface area contributed by atoms with Gasteiger partial charge in [0.05, 0.1) is 6.54 Å². The predicted octanol–water partition coefficient (Wildman–Crippen LogP) is 4.48. The predicted molar refractivity (Wildman–Crippen MR) is 107 cm³/mol. The molecule has 3 rings (SSSR count). The minimum atomic E-state index is -0.625. The molecule has 1 N–H and O–H groups in total. The van der Waals surface area contributed by atoms with Gasteiger partial charge in [0.2, 0.25) is 11.7 Å². The summed E-state index contributed by atoms with van der Waals surface area (Å²) in [6, 6.07) is 13.1. The molecule has 7 heteroatoms. The number of nitrogens with zero attached hydrogens (tertiary/aromatic N) is 2. The summed E-state index contributed by atoms with van der Waals surface area (Å²) >= 11 is 6.03. The van der Waals surface area contributed by atoms with Gasteiger partial charge < -0.3 is 14.6 Å². The molecule has 0 fully saturated rings. The van der Waals surface area contributed by atoms with Gasteiger partial charge in [-0.3, -0.25) is 4.79 Å². The number of carbonyl (C=O) groups excluding carboxylic acids is 1. The second kappa shape index (κ2) is 8.89. The van der Waals surface area contributed by atoms with E-state index in [2.05, 4.69) is 15.5 Å². The summed E-state index contributed by atoms with van der Waals surface area (Å²) in [4.78, 5) is 16.8. The Balaban J connectivity index is 1.60. The number of rotatable bonds is 7. The van der Waals surface area contributed by atoms with E-state index in [4.69, 9.17) is 20.9 Å². The summed E-state index contributed by atoms with van der Waals surface area (Å²) in [6.45, 7) is 5.90. The van der Waals surface area contributed by atoms with Gasteiger partial charge in [-0.25, -0.2) is 0 Å². The molecule has 0 radical (unpaired) electrons. The lowest BCUT2D eigenvalue weighted by Crippen LogP contribution is -2.37. The number of nitrogens with one attached hydrogen (secondary N) is 1. The SMILES string of the molecule is CC[C@@H](Oc1ccc(Cl)c(C)c1)C(=O)NCc1nc(-c2cccc(C)c2)no1. The summed E-state index contributed by atoms with van der Waals surface area (Å²) in [7, 11) is 0. The van der Waals surface area contributed by atoms with Crippen LogP contribution in [-0.2, 0) is 11.3 Å². The third-order valence-electron chi connectivity index (χ3n) is 4.23. The normalized spacial score (nSPS) is 11.9. The Morgan fingerprint density at radius 3 is 2.79 bits per heavy atom. The van der Waals surface area contributed by atoms with Crippen LogP contribution in [-0.4, -0.2) is 22.2 Å². The molecule has 6 nitrogen and oxygen atoms in total. The molecule has 0 aliphatic carbocycles. The molecule has 146 valence electrons. The van der Waals surface area contributed by atoms with Crippen LogP contribution in [0.15, 0.2) is 47.0 Å². The molecule has 0 spiro atoms. The first-order chi connectivity index (χ1) is 13.5. The summed E-state index contributed by atoms with van der Waals surface area (Å²) in [5.41, 5.74) is 2.87. The van der Waals surface area contributed by atoms with Gasteiger partial charge in [0, 0.05) is 10.6 Å². The van der Waals surface area contributed by atoms with Crippen LogP contribution >= 0.6 is 11.6 Å². The number of amides is 1. The van der Waals surface area contributed by atoms with E-state index in [0.717, 1.165) is 16.7 Å². The van der Waals surface area contributed by atoms with Crippen molar-refractivity contribution in [2.45, 2.75) is 39.8 Å². The molecule has 0 saturated carbocycles. The van der Waals surface area contributed by atoms with Crippen molar-refractivity contribution in [1.29, 1.82) is 0 Å². The molecule has 0 aliphatic rings. The Bertz CT molecular complexity index is 971. The van der Waals surface area contributed by atoms with Crippen LogP contribution in [0.2, 0.25) is 5.02 Å². The minimum absolute atomic E-state index is 0.136. The quantitative estimate of drug-likeness (QED) is 0.633. The maximum Gasteiger partial charge on any atom is 0.261 e. The second-order valence-electron chi connectivity index (χ2n) is 6.52. The minimum Gasteiger partial charge on any atom is -0.481 e. The van der Waals surface area contributed by atoms with E-state index in [1.165, 1.54) is 0 Å². The van der Waals surface area contributed by atoms with Crippen LogP contribution in [0, 0.1) is 13.8 Å². The zero-order valence-corrected chi connectivity index (χ0v) is 16.8. The summed E-state index contributed by atoms with van der Waals surface area (Å²) in [6.07, 6.45) is -0.106. The third kappa shape index (κ3) is 4.89. The molecule has 0 aliphatic heterocycles. The van der Waals surface area contributed by atoms with Gasteiger partial charge in [0.25, 0.3) is 5.91 Å². The van der Waals surface area contributed by atoms with Crippen molar-refractivity contribution in [3.8, 4) is 17.1 Å². The van der Waals surface area contributed by atoms with Gasteiger partial charge in [-0.1, -0.05) is 47.4 Å². The summed E-state index contributed by atoms with van der Waals surface area (Å²) in [5, 5.41) is 7.42. The Morgan fingerprint density at radius 1 is 1.25 bits per heavy atom. The molecule has 0 saturated heterocycles. The highest BCUT2D eigenvalue weighted by molar-refractivity contribution is 6.31. The Kier molecular flexibility index (Phi) is 6.31. The number of hydrogen-bond acceptors (Lipinski definition) is 5. The van der Waals surface area contributed by atoms with Gasteiger partial charge in [0.15, 0.2) is 6.10 Å². The van der Waals surface area contributed by atoms with Crippen molar-refractivity contribution in [3.05, 3.63) is 64.5 Å². The topological polar surface area (TPSA) is 77.2 Å². The van der Waals surface area contributed by atoms with Gasteiger partial charge in [-0.2, -0.15) is 4.98 Å². The molecule has 0 unspecified atom stereocenters. The molecule has 3 aromatic rings. The zero-order chi connectivity index (χ0) is 20.1. The lowest BCUT2D eigenvalue weighted by Gasteiger charge is -2.17. The van der Waals surface area contributed by atoms with Gasteiger partial charge in [-0.05, 0) is 50.1 Å². The molecule has 2 aromatic carbocycles. The fourth-order valence-corrected chi connectivity index (χ4v) is 2.80. The van der Waals surface area contributed by atoms with Crippen LogP contribution in [0.5, 0.6) is 5.75 Å². The Morgan fingerprint density at radius 2 is 2.07 bits per heavy atom. The molecular formula is C21H22ClN3O3. The van der Waals surface area contributed by atoms with Crippen molar-refractivity contribution in [1.82, 2.24) is 15.5 Å². The van der Waals surface area contributed by atoms with E-state index in [-0.39, 0.29) is 12.5 Å². The number of hydrogen-bond donors (Lipinski definition) is 1. The van der Waals surface area contributed by atoms with Crippen LogP contribution in [0.1, 0.15) is 30.4 Å². The Hall–Kier alpha value is -2.86. The van der Waals surface area contributed by atoms with Crippen molar-refractivity contribution < 1.29 is 14.1 Å². The molecule has 1 heterocycles. The maximum absolute atomic E-state index is 12.5. The maximum atomic E-state index is 12.5. The highest BCUT2D eigenvalue weighted by atomic mass is 35.5. The largest absolute Gasteiger partial charge is 0.481 e. The van der Waals surface area contributed by atoms with Gasteiger partial charge in [0.1, 0.15) is 5.75 Å². The first-order valence-electron chi connectivity index (χ1n) is 9.06. The molecule has 1 amide bonds. The number of aryl methyl sites for hydroxylation is 2. The fourth-order valence-electron chi connectivity index (χ4n) is 2.68. The van der Waals surface area contributed by atoms with Gasteiger partial charge in [-0.15, -0.1) is 0 Å². The zero-order valence-electron chi connectivity index (χ0n) is 16.0. The first-order valence-corrected chi connectivity index (χ1v) is 9.44. The monoisotopic (exact) mass is 399 g/mol.